The number of unbranched alkanes of at least 4 members (excludes halogenated alkanes) is 1. The van der Waals surface area contributed by atoms with Gasteiger partial charge in [0, 0.05) is 0 Å². The van der Waals surface area contributed by atoms with E-state index in [1.807, 2.05) is 18.2 Å². The fourth-order valence-corrected chi connectivity index (χ4v) is 0.534. The molecule has 0 saturated carbocycles. The van der Waals surface area contributed by atoms with Crippen LogP contribution in [0.2, 0.25) is 0 Å². The molecule has 0 heterocycles. The smallest absolute Gasteiger partial charge is 0.343 e. The Morgan fingerprint density at radius 2 is 1.58 bits per heavy atom. The topological polar surface area (TPSA) is 0 Å². The van der Waals surface area contributed by atoms with Crippen LogP contribution in [0.3, 0.4) is 0 Å². The minimum Gasteiger partial charge on any atom is -0.343 e. The first-order valence-electron chi connectivity index (χ1n) is 4.12. The van der Waals surface area contributed by atoms with Gasteiger partial charge < -0.3 is 6.92 Å². The Balaban J connectivity index is 0. The van der Waals surface area contributed by atoms with Crippen LogP contribution < -0.4 is 18.9 Å². The first-order valence-corrected chi connectivity index (χ1v) is 4.12. The molecule has 0 spiro atoms. The molecular weight excluding hydrogens is 139 g/mol. The maximum Gasteiger partial charge on any atom is 1.00 e. The molecule has 0 fully saturated rings. The molecule has 0 bridgehead atoms. The van der Waals surface area contributed by atoms with Gasteiger partial charge >= 0.3 is 18.9 Å². The normalized spacial score (nSPS) is 7.58. The Labute approximate surface area is 88.6 Å². The van der Waals surface area contributed by atoms with Crippen LogP contribution in [-0.4, -0.2) is 0 Å². The quantitative estimate of drug-likeness (QED) is 0.413. The summed E-state index contributed by atoms with van der Waals surface area (Å²) in [4.78, 5) is 0. The predicted octanol–water partition coefficient (Wildman–Crippen LogP) is 0.620. The zero-order chi connectivity index (χ0) is 8.53. The minimum atomic E-state index is 0. The van der Waals surface area contributed by atoms with E-state index in [1.165, 1.54) is 12.0 Å². The molecule has 0 unspecified atom stereocenters. The molecule has 1 aromatic carbocycles. The van der Waals surface area contributed by atoms with Crippen LogP contribution in [0.1, 0.15) is 25.3 Å². The summed E-state index contributed by atoms with van der Waals surface area (Å²) in [5.74, 6) is 0. The molecule has 1 aromatic rings. The first-order chi connectivity index (χ1) is 5.31. The second kappa shape index (κ2) is 10.8. The van der Waals surface area contributed by atoms with E-state index in [4.69, 9.17) is 0 Å². The molecule has 0 nitrogen and oxygen atoms in total. The van der Waals surface area contributed by atoms with Gasteiger partial charge in [-0.15, -0.1) is 0 Å². The maximum atomic E-state index is 3.60. The van der Waals surface area contributed by atoms with E-state index in [0.29, 0.717) is 0 Å². The molecule has 0 aromatic heterocycles. The Morgan fingerprint density at radius 1 is 1.17 bits per heavy atom. The Kier molecular flexibility index (Phi) is 12.9. The molecule has 0 amide bonds. The van der Waals surface area contributed by atoms with Crippen molar-refractivity contribution in [3.05, 3.63) is 42.8 Å². The monoisotopic (exact) mass is 156 g/mol. The third-order valence-corrected chi connectivity index (χ3v) is 1.29. The fourth-order valence-electron chi connectivity index (χ4n) is 0.534. The largest absolute Gasteiger partial charge is 1.00 e. The summed E-state index contributed by atoms with van der Waals surface area (Å²) < 4.78 is 0. The third kappa shape index (κ3) is 9.82. The van der Waals surface area contributed by atoms with Gasteiger partial charge in [-0.2, -0.15) is 6.42 Å². The van der Waals surface area contributed by atoms with Crippen molar-refractivity contribution in [3.63, 3.8) is 0 Å². The van der Waals surface area contributed by atoms with Gasteiger partial charge in [0.25, 0.3) is 0 Å². The number of rotatable bonds is 1. The summed E-state index contributed by atoms with van der Waals surface area (Å²) in [5.41, 5.74) is 1.32. The van der Waals surface area contributed by atoms with E-state index in [1.54, 1.807) is 0 Å². The van der Waals surface area contributed by atoms with Crippen LogP contribution in [-0.2, 0) is 0 Å². The molecule has 0 aliphatic rings. The van der Waals surface area contributed by atoms with Crippen LogP contribution in [0.15, 0.2) is 30.3 Å². The van der Waals surface area contributed by atoms with E-state index in [2.05, 4.69) is 32.9 Å². The van der Waals surface area contributed by atoms with E-state index in [-0.39, 0.29) is 18.9 Å². The molecule has 0 N–H and O–H groups in total. The van der Waals surface area contributed by atoms with Gasteiger partial charge in [0.2, 0.25) is 0 Å². The summed E-state index contributed by atoms with van der Waals surface area (Å²) in [7, 11) is 0. The van der Waals surface area contributed by atoms with Crippen LogP contribution in [0, 0.1) is 13.8 Å². The van der Waals surface area contributed by atoms with Crippen LogP contribution in [0.25, 0.3) is 0 Å². The van der Waals surface area contributed by atoms with E-state index >= 15 is 0 Å². The molecule has 0 radical (unpaired) electrons. The van der Waals surface area contributed by atoms with Gasteiger partial charge in [-0.3, -0.25) is 0 Å². The summed E-state index contributed by atoms with van der Waals surface area (Å²) in [6.45, 7) is 7.81. The van der Waals surface area contributed by atoms with Crippen molar-refractivity contribution >= 4 is 0 Å². The molecule has 0 aliphatic heterocycles. The van der Waals surface area contributed by atoms with Gasteiger partial charge in [0.1, 0.15) is 0 Å². The van der Waals surface area contributed by atoms with E-state index in [9.17, 15) is 0 Å². The van der Waals surface area contributed by atoms with Crippen molar-refractivity contribution in [2.75, 3.05) is 0 Å². The number of aryl methyl sites for hydroxylation is 1. The number of benzene rings is 1. The molecule has 0 atom stereocenters. The SMILES string of the molecule is Cc1ccccc1.[CH2-]CCC.[Li+]. The second-order valence-corrected chi connectivity index (χ2v) is 2.51. The molecule has 1 heteroatoms. The molecular formula is C11H17Li. The first kappa shape index (κ1) is 14.3. The molecule has 1 rings (SSSR count). The number of hydrogen-bond acceptors (Lipinski definition) is 0. The Bertz CT molecular complexity index is 156. The van der Waals surface area contributed by atoms with Crippen molar-refractivity contribution in [1.82, 2.24) is 0 Å². The molecule has 12 heavy (non-hydrogen) atoms. The predicted molar refractivity (Wildman–Crippen MR) is 51.4 cm³/mol. The standard InChI is InChI=1S/C7H8.C4H9.Li/c1-7-5-3-2-4-6-7;1-3-4-2;/h2-6H,1H3;1,3-4H2,2H3;/q;-1;+1. The Morgan fingerprint density at radius 3 is 1.75 bits per heavy atom. The van der Waals surface area contributed by atoms with Gasteiger partial charge in [-0.05, 0) is 6.92 Å². The second-order valence-electron chi connectivity index (χ2n) is 2.51. The minimum absolute atomic E-state index is 0. The number of hydrogen-bond donors (Lipinski definition) is 0. The van der Waals surface area contributed by atoms with E-state index in [0.717, 1.165) is 6.42 Å². The van der Waals surface area contributed by atoms with Crippen LogP contribution in [0.4, 0.5) is 0 Å². The summed E-state index contributed by atoms with van der Waals surface area (Å²) in [6.07, 6.45) is 2.28. The fraction of sp³-hybridized carbons (Fsp3) is 0.364. The third-order valence-electron chi connectivity index (χ3n) is 1.29. The summed E-state index contributed by atoms with van der Waals surface area (Å²) >= 11 is 0. The van der Waals surface area contributed by atoms with Gasteiger partial charge in [-0.1, -0.05) is 49.2 Å². The summed E-state index contributed by atoms with van der Waals surface area (Å²) in [6, 6.07) is 10.3. The zero-order valence-corrected chi connectivity index (χ0v) is 8.51. The van der Waals surface area contributed by atoms with Gasteiger partial charge in [0.05, 0.1) is 0 Å². The van der Waals surface area contributed by atoms with E-state index < -0.39 is 0 Å². The van der Waals surface area contributed by atoms with Crippen molar-refractivity contribution in [3.8, 4) is 0 Å². The summed E-state index contributed by atoms with van der Waals surface area (Å²) in [5, 5.41) is 0. The van der Waals surface area contributed by atoms with Crippen LogP contribution >= 0.6 is 0 Å². The van der Waals surface area contributed by atoms with Gasteiger partial charge in [0.15, 0.2) is 0 Å². The molecule has 62 valence electrons. The van der Waals surface area contributed by atoms with Crippen molar-refractivity contribution in [2.24, 2.45) is 0 Å². The molecule has 0 aliphatic carbocycles. The van der Waals surface area contributed by atoms with Crippen molar-refractivity contribution in [2.45, 2.75) is 26.7 Å². The average Bonchev–Trinajstić information content (AvgIpc) is 2.07. The maximum absolute atomic E-state index is 3.60. The Hall–Kier alpha value is -0.183. The zero-order valence-electron chi connectivity index (χ0n) is 8.51. The van der Waals surface area contributed by atoms with Crippen LogP contribution in [0.5, 0.6) is 0 Å². The molecule has 0 saturated heterocycles. The van der Waals surface area contributed by atoms with Crippen molar-refractivity contribution in [1.29, 1.82) is 0 Å². The van der Waals surface area contributed by atoms with Gasteiger partial charge in [-0.25, -0.2) is 0 Å². The average molecular weight is 156 g/mol. The van der Waals surface area contributed by atoms with Crippen molar-refractivity contribution < 1.29 is 18.9 Å².